The predicted molar refractivity (Wildman–Crippen MR) is 121 cm³/mol. The van der Waals surface area contributed by atoms with E-state index in [-0.39, 0.29) is 16.4 Å². The lowest BCUT2D eigenvalue weighted by atomic mass is 10.0. The van der Waals surface area contributed by atoms with Crippen molar-refractivity contribution < 1.29 is 37.0 Å². The Labute approximate surface area is 203 Å². The van der Waals surface area contributed by atoms with Crippen molar-refractivity contribution in [3.63, 3.8) is 0 Å². The third-order valence-electron chi connectivity index (χ3n) is 5.16. The Bertz CT molecular complexity index is 1240. The smallest absolute Gasteiger partial charge is 0.473 e. The van der Waals surface area contributed by atoms with E-state index < -0.39 is 29.7 Å². The molecule has 0 aromatic heterocycles. The molecule has 1 unspecified atom stereocenters. The van der Waals surface area contributed by atoms with Crippen LogP contribution in [-0.2, 0) is 21.9 Å². The van der Waals surface area contributed by atoms with Crippen molar-refractivity contribution in [1.29, 1.82) is 0 Å². The van der Waals surface area contributed by atoms with E-state index in [1.54, 1.807) is 12.1 Å². The van der Waals surface area contributed by atoms with Crippen molar-refractivity contribution in [2.24, 2.45) is 0 Å². The first-order valence-electron chi connectivity index (χ1n) is 10.2. The van der Waals surface area contributed by atoms with Gasteiger partial charge in [0.25, 0.3) is 0 Å². The Kier molecular flexibility index (Phi) is 6.49. The molecule has 0 aliphatic carbocycles. The highest BCUT2D eigenvalue weighted by Crippen LogP contribution is 2.49. The standard InChI is InChI=1S/C24H18ClF3N2O5/c1-30(17-8-10-18(11-9-17)33-14-15-5-3-2-4-6-15)22(32)35-23(24(26,27)28)19-13-16(25)7-12-20(19)29-21(31)34-23/h2-13H,14H2,1H3,(H,29,31). The van der Waals surface area contributed by atoms with Gasteiger partial charge in [-0.15, -0.1) is 0 Å². The molecule has 0 fully saturated rings. The summed E-state index contributed by atoms with van der Waals surface area (Å²) in [7, 11) is 1.22. The minimum absolute atomic E-state index is 0.0763. The summed E-state index contributed by atoms with van der Waals surface area (Å²) in [6, 6.07) is 18.8. The number of cyclic esters (lactones) is 1. The van der Waals surface area contributed by atoms with E-state index in [0.717, 1.165) is 22.6 Å². The first-order chi connectivity index (χ1) is 16.6. The van der Waals surface area contributed by atoms with Gasteiger partial charge in [0.05, 0.1) is 11.3 Å². The molecule has 0 saturated heterocycles. The molecule has 0 bridgehead atoms. The summed E-state index contributed by atoms with van der Waals surface area (Å²) in [5.74, 6) is -3.21. The molecule has 7 nitrogen and oxygen atoms in total. The van der Waals surface area contributed by atoms with Gasteiger partial charge in [0.15, 0.2) is 0 Å². The molecule has 4 rings (SSSR count). The zero-order chi connectivity index (χ0) is 25.2. The number of nitrogens with one attached hydrogen (secondary N) is 1. The lowest BCUT2D eigenvalue weighted by Crippen LogP contribution is -2.54. The molecule has 3 aromatic carbocycles. The number of ether oxygens (including phenoxy) is 3. The van der Waals surface area contributed by atoms with Gasteiger partial charge in [-0.1, -0.05) is 41.9 Å². The topological polar surface area (TPSA) is 77.1 Å². The monoisotopic (exact) mass is 506 g/mol. The fourth-order valence-corrected chi connectivity index (χ4v) is 3.54. The third-order valence-corrected chi connectivity index (χ3v) is 5.39. The van der Waals surface area contributed by atoms with Crippen molar-refractivity contribution in [2.75, 3.05) is 17.3 Å². The Morgan fingerprint density at radius 3 is 2.43 bits per heavy atom. The van der Waals surface area contributed by atoms with Crippen molar-refractivity contribution >= 4 is 35.2 Å². The highest BCUT2D eigenvalue weighted by Gasteiger charge is 2.66. The number of halogens is 4. The van der Waals surface area contributed by atoms with Gasteiger partial charge < -0.3 is 14.2 Å². The molecule has 1 N–H and O–H groups in total. The highest BCUT2D eigenvalue weighted by atomic mass is 35.5. The van der Waals surface area contributed by atoms with Crippen LogP contribution in [0.2, 0.25) is 5.02 Å². The molecule has 0 radical (unpaired) electrons. The van der Waals surface area contributed by atoms with Gasteiger partial charge in [-0.2, -0.15) is 13.2 Å². The second kappa shape index (κ2) is 9.38. The molecule has 11 heteroatoms. The summed E-state index contributed by atoms with van der Waals surface area (Å²) in [6.07, 6.45) is -8.16. The maximum absolute atomic E-state index is 14.2. The van der Waals surface area contributed by atoms with E-state index in [2.05, 4.69) is 10.1 Å². The van der Waals surface area contributed by atoms with Crippen LogP contribution in [0.5, 0.6) is 5.75 Å². The van der Waals surface area contributed by atoms with E-state index in [1.807, 2.05) is 30.3 Å². The maximum Gasteiger partial charge on any atom is 0.473 e. The third kappa shape index (κ3) is 4.97. The van der Waals surface area contributed by atoms with E-state index in [4.69, 9.17) is 21.1 Å². The quantitative estimate of drug-likeness (QED) is 0.429. The molecule has 182 valence electrons. The molecular formula is C24H18ClF3N2O5. The van der Waals surface area contributed by atoms with Crippen molar-refractivity contribution in [3.05, 3.63) is 88.9 Å². The van der Waals surface area contributed by atoms with Crippen LogP contribution in [0.4, 0.5) is 34.1 Å². The molecule has 1 aliphatic heterocycles. The van der Waals surface area contributed by atoms with Crippen LogP contribution in [0, 0.1) is 0 Å². The molecular weight excluding hydrogens is 489 g/mol. The average Bonchev–Trinajstić information content (AvgIpc) is 2.83. The van der Waals surface area contributed by atoms with Gasteiger partial charge in [0.1, 0.15) is 12.4 Å². The summed E-state index contributed by atoms with van der Waals surface area (Å²) in [5.41, 5.74) is 0.249. The van der Waals surface area contributed by atoms with Gasteiger partial charge in [0, 0.05) is 17.8 Å². The Morgan fingerprint density at radius 2 is 1.77 bits per heavy atom. The first kappa shape index (κ1) is 24.2. The van der Waals surface area contributed by atoms with Gasteiger partial charge >= 0.3 is 24.1 Å². The van der Waals surface area contributed by atoms with Crippen LogP contribution in [0.3, 0.4) is 0 Å². The summed E-state index contributed by atoms with van der Waals surface area (Å²) in [6.45, 7) is 0.313. The Hall–Kier alpha value is -3.92. The zero-order valence-corrected chi connectivity index (χ0v) is 18.9. The van der Waals surface area contributed by atoms with Crippen LogP contribution in [-0.4, -0.2) is 25.4 Å². The number of anilines is 2. The van der Waals surface area contributed by atoms with Crippen LogP contribution in [0.1, 0.15) is 11.1 Å². The number of amides is 2. The lowest BCUT2D eigenvalue weighted by molar-refractivity contribution is -0.350. The Balaban J connectivity index is 1.55. The second-order valence-corrected chi connectivity index (χ2v) is 7.95. The van der Waals surface area contributed by atoms with Gasteiger partial charge in [0.2, 0.25) is 0 Å². The van der Waals surface area contributed by atoms with Crippen LogP contribution < -0.4 is 15.0 Å². The predicted octanol–water partition coefficient (Wildman–Crippen LogP) is 6.47. The highest BCUT2D eigenvalue weighted by molar-refractivity contribution is 6.30. The molecule has 1 atom stereocenters. The average molecular weight is 507 g/mol. The maximum atomic E-state index is 14.2. The van der Waals surface area contributed by atoms with Gasteiger partial charge in [-0.25, -0.2) is 9.59 Å². The largest absolute Gasteiger partial charge is 0.489 e. The number of benzene rings is 3. The van der Waals surface area contributed by atoms with Crippen LogP contribution in [0.25, 0.3) is 0 Å². The lowest BCUT2D eigenvalue weighted by Gasteiger charge is -2.38. The van der Waals surface area contributed by atoms with Crippen molar-refractivity contribution in [1.82, 2.24) is 0 Å². The number of hydrogen-bond acceptors (Lipinski definition) is 5. The molecule has 0 saturated carbocycles. The van der Waals surface area contributed by atoms with E-state index >= 15 is 0 Å². The fraction of sp³-hybridized carbons (Fsp3) is 0.167. The zero-order valence-electron chi connectivity index (χ0n) is 18.1. The van der Waals surface area contributed by atoms with Crippen LogP contribution in [0.15, 0.2) is 72.8 Å². The second-order valence-electron chi connectivity index (χ2n) is 7.51. The number of fused-ring (bicyclic) bond motifs is 1. The first-order valence-corrected chi connectivity index (χ1v) is 10.6. The number of carbonyl (C=O) groups is 2. The van der Waals surface area contributed by atoms with Crippen molar-refractivity contribution in [3.8, 4) is 5.75 Å². The molecule has 3 aromatic rings. The summed E-state index contributed by atoms with van der Waals surface area (Å²) in [5, 5.41) is 2.06. The number of hydrogen-bond donors (Lipinski definition) is 1. The minimum atomic E-state index is -5.31. The molecule has 1 aliphatic rings. The molecule has 35 heavy (non-hydrogen) atoms. The van der Waals surface area contributed by atoms with Crippen LogP contribution >= 0.6 is 11.6 Å². The number of alkyl halides is 3. The fourth-order valence-electron chi connectivity index (χ4n) is 3.37. The van der Waals surface area contributed by atoms with E-state index in [0.29, 0.717) is 12.4 Å². The van der Waals surface area contributed by atoms with E-state index in [1.165, 1.54) is 25.2 Å². The SMILES string of the molecule is CN(C(=O)OC1(C(F)(F)F)OC(=O)Nc2ccc(Cl)cc21)c1ccc(OCc2ccccc2)cc1. The van der Waals surface area contributed by atoms with E-state index in [9.17, 15) is 22.8 Å². The molecule has 0 spiro atoms. The van der Waals surface area contributed by atoms with Gasteiger partial charge in [-0.05, 0) is 48.0 Å². The minimum Gasteiger partial charge on any atom is -0.489 e. The number of carbonyl (C=O) groups excluding carboxylic acids is 2. The summed E-state index contributed by atoms with van der Waals surface area (Å²) >= 11 is 5.87. The number of rotatable bonds is 5. The molecule has 1 heterocycles. The molecule has 2 amide bonds. The Morgan fingerprint density at radius 1 is 1.09 bits per heavy atom. The summed E-state index contributed by atoms with van der Waals surface area (Å²) in [4.78, 5) is 25.5. The van der Waals surface area contributed by atoms with Crippen molar-refractivity contribution in [2.45, 2.75) is 18.6 Å². The number of nitrogens with zero attached hydrogens (tertiary/aromatic N) is 1. The normalized spacial score (nSPS) is 17.0. The summed E-state index contributed by atoms with van der Waals surface area (Å²) < 4.78 is 57.7. The van der Waals surface area contributed by atoms with Gasteiger partial charge in [-0.3, -0.25) is 10.2 Å².